The van der Waals surface area contributed by atoms with Crippen LogP contribution in [0.4, 0.5) is 19.3 Å². The summed E-state index contributed by atoms with van der Waals surface area (Å²) in [6.45, 7) is 0.986. The Morgan fingerprint density at radius 2 is 1.65 bits per heavy atom. The first-order valence-electron chi connectivity index (χ1n) is 11.5. The van der Waals surface area contributed by atoms with Crippen LogP contribution >= 0.6 is 0 Å². The highest BCUT2D eigenvalue weighted by atomic mass is 32.2. The molecule has 37 heavy (non-hydrogen) atoms. The summed E-state index contributed by atoms with van der Waals surface area (Å²) < 4.78 is 42.3. The molecule has 3 aromatic heterocycles. The number of hydrogen-bond acceptors (Lipinski definition) is 7. The van der Waals surface area contributed by atoms with E-state index in [0.29, 0.717) is 41.5 Å². The zero-order chi connectivity index (χ0) is 25.8. The Hall–Kier alpha value is -4.06. The Bertz CT molecular complexity index is 1370. The number of urea groups is 1. The lowest BCUT2D eigenvalue weighted by Crippen LogP contribution is -2.48. The number of hydrogen-bond donors (Lipinski definition) is 0. The highest BCUT2D eigenvalue weighted by Crippen LogP contribution is 2.26. The molecule has 4 heterocycles. The fraction of sp³-hybridized carbons (Fsp3) is 0.240. The van der Waals surface area contributed by atoms with E-state index in [1.54, 1.807) is 34.3 Å². The topological polar surface area (TPSA) is 105 Å². The maximum Gasteiger partial charge on any atom is 0.324 e. The molecule has 0 aliphatic carbocycles. The van der Waals surface area contributed by atoms with Crippen LogP contribution in [0.15, 0.2) is 71.5 Å². The Kier molecular flexibility index (Phi) is 7.26. The van der Waals surface area contributed by atoms with E-state index in [4.69, 9.17) is 4.42 Å². The van der Waals surface area contributed by atoms with Crippen LogP contribution in [0.3, 0.4) is 0 Å². The van der Waals surface area contributed by atoms with Crippen LogP contribution in [-0.4, -0.2) is 59.9 Å². The molecule has 0 spiro atoms. The molecular weight excluding hydrogens is 502 g/mol. The summed E-state index contributed by atoms with van der Waals surface area (Å²) >= 11 is 0. The molecule has 9 nitrogen and oxygen atoms in total. The van der Waals surface area contributed by atoms with E-state index in [-0.39, 0.29) is 18.5 Å². The number of benzene rings is 1. The van der Waals surface area contributed by atoms with Crippen LogP contribution in [0, 0.1) is 0 Å². The fourth-order valence-corrected chi connectivity index (χ4v) is 4.95. The zero-order valence-electron chi connectivity index (χ0n) is 19.5. The summed E-state index contributed by atoms with van der Waals surface area (Å²) in [4.78, 5) is 25.3. The van der Waals surface area contributed by atoms with Crippen molar-refractivity contribution in [2.75, 3.05) is 29.5 Å². The molecule has 1 fully saturated rings. The highest BCUT2D eigenvalue weighted by Gasteiger charge is 2.26. The number of carbonyl (C=O) groups is 1. The monoisotopic (exact) mass is 524 g/mol. The summed E-state index contributed by atoms with van der Waals surface area (Å²) in [6.07, 6.45) is 2.02. The van der Waals surface area contributed by atoms with Crippen molar-refractivity contribution in [2.45, 2.75) is 13.0 Å². The van der Waals surface area contributed by atoms with Gasteiger partial charge in [-0.25, -0.2) is 4.79 Å². The third-order valence-corrected chi connectivity index (χ3v) is 7.17. The summed E-state index contributed by atoms with van der Waals surface area (Å²) in [5.74, 6) is 0.0696. The Morgan fingerprint density at radius 1 is 0.973 bits per heavy atom. The molecule has 2 amide bonds. The summed E-state index contributed by atoms with van der Waals surface area (Å²) in [5.41, 5.74) is 3.63. The van der Waals surface area contributed by atoms with Gasteiger partial charge in [-0.3, -0.25) is 19.1 Å². The van der Waals surface area contributed by atoms with Crippen LogP contribution < -0.4 is 4.90 Å². The van der Waals surface area contributed by atoms with E-state index < -0.39 is 23.1 Å². The van der Waals surface area contributed by atoms with Crippen LogP contribution in [-0.2, 0) is 17.3 Å². The van der Waals surface area contributed by atoms with Crippen molar-refractivity contribution in [3.63, 3.8) is 0 Å². The zero-order valence-corrected chi connectivity index (χ0v) is 20.4. The molecule has 0 saturated carbocycles. The van der Waals surface area contributed by atoms with Crippen LogP contribution in [0.1, 0.15) is 18.0 Å². The number of carbonyl (C=O) groups excluding carboxylic acids is 1. The van der Waals surface area contributed by atoms with Gasteiger partial charge >= 0.3 is 12.5 Å². The minimum absolute atomic E-state index is 0.0599. The predicted molar refractivity (Wildman–Crippen MR) is 133 cm³/mol. The van der Waals surface area contributed by atoms with Gasteiger partial charge in [0.05, 0.1) is 17.8 Å². The summed E-state index contributed by atoms with van der Waals surface area (Å²) in [7, 11) is -0.916. The van der Waals surface area contributed by atoms with Crippen molar-refractivity contribution in [1.82, 2.24) is 25.1 Å². The third kappa shape index (κ3) is 5.69. The standard InChI is InChI=1S/C25H22F2N6O3S/c26-22(27)24-31-30-23(36-24)19-1-4-20(29-15-19)16-33(25(34)32-11-13-37(35)14-12-32)21-5-2-17(3-6-21)18-7-9-28-10-8-18/h1-10,15,22H,11-14,16H2. The quantitative estimate of drug-likeness (QED) is 0.370. The molecule has 0 bridgehead atoms. The van der Waals surface area contributed by atoms with Gasteiger partial charge in [0.15, 0.2) is 0 Å². The van der Waals surface area contributed by atoms with Gasteiger partial charge in [-0.1, -0.05) is 12.1 Å². The SMILES string of the molecule is O=C(N1CCS(=O)CC1)N(Cc1ccc(-c2nnc(C(F)F)o2)cn1)c1ccc(-c2ccncc2)cc1. The normalized spacial score (nSPS) is 14.2. The second-order valence-corrected chi connectivity index (χ2v) is 9.97. The largest absolute Gasteiger partial charge is 0.415 e. The molecule has 1 aromatic carbocycles. The van der Waals surface area contributed by atoms with Crippen molar-refractivity contribution < 1.29 is 22.2 Å². The molecular formula is C25H22F2N6O3S. The van der Waals surface area contributed by atoms with E-state index in [0.717, 1.165) is 11.1 Å². The van der Waals surface area contributed by atoms with E-state index in [1.807, 2.05) is 36.4 Å². The molecule has 1 aliphatic heterocycles. The number of amides is 2. The molecule has 4 aromatic rings. The van der Waals surface area contributed by atoms with Gasteiger partial charge in [-0.05, 0) is 47.5 Å². The van der Waals surface area contributed by atoms with Gasteiger partial charge < -0.3 is 9.32 Å². The lowest BCUT2D eigenvalue weighted by molar-refractivity contribution is 0.116. The van der Waals surface area contributed by atoms with Gasteiger partial charge in [-0.15, -0.1) is 10.2 Å². The lowest BCUT2D eigenvalue weighted by Gasteiger charge is -2.32. The lowest BCUT2D eigenvalue weighted by atomic mass is 10.1. The first kappa shape index (κ1) is 24.6. The maximum absolute atomic E-state index is 13.5. The molecule has 12 heteroatoms. The first-order chi connectivity index (χ1) is 18.0. The van der Waals surface area contributed by atoms with Crippen molar-refractivity contribution in [1.29, 1.82) is 0 Å². The van der Waals surface area contributed by atoms with Crippen molar-refractivity contribution in [3.05, 3.63) is 78.7 Å². The number of pyridine rings is 2. The average Bonchev–Trinajstić information content (AvgIpc) is 3.44. The Balaban J connectivity index is 1.39. The first-order valence-corrected chi connectivity index (χ1v) is 13.0. The van der Waals surface area contributed by atoms with Crippen molar-refractivity contribution in [3.8, 4) is 22.6 Å². The van der Waals surface area contributed by atoms with Crippen LogP contribution in [0.25, 0.3) is 22.6 Å². The second-order valence-electron chi connectivity index (χ2n) is 8.27. The molecule has 0 unspecified atom stereocenters. The number of nitrogens with zero attached hydrogens (tertiary/aromatic N) is 6. The summed E-state index contributed by atoms with van der Waals surface area (Å²) in [6, 6.07) is 14.5. The van der Waals surface area contributed by atoms with E-state index >= 15 is 0 Å². The number of halogens is 2. The van der Waals surface area contributed by atoms with Gasteiger partial charge in [0.25, 0.3) is 5.89 Å². The Morgan fingerprint density at radius 3 is 2.27 bits per heavy atom. The van der Waals surface area contributed by atoms with Crippen molar-refractivity contribution >= 4 is 22.5 Å². The van der Waals surface area contributed by atoms with E-state index in [9.17, 15) is 17.8 Å². The molecule has 5 rings (SSSR count). The molecule has 0 atom stereocenters. The maximum atomic E-state index is 13.5. The van der Waals surface area contributed by atoms with Crippen molar-refractivity contribution in [2.24, 2.45) is 0 Å². The minimum Gasteiger partial charge on any atom is -0.415 e. The molecule has 190 valence electrons. The van der Waals surface area contributed by atoms with Gasteiger partial charge in [0, 0.05) is 59.7 Å². The van der Waals surface area contributed by atoms with Crippen LogP contribution in [0.2, 0.25) is 0 Å². The molecule has 1 saturated heterocycles. The Labute approximate surface area is 213 Å². The molecule has 0 N–H and O–H groups in total. The predicted octanol–water partition coefficient (Wildman–Crippen LogP) is 4.32. The number of aromatic nitrogens is 4. The third-order valence-electron chi connectivity index (χ3n) is 5.89. The minimum atomic E-state index is -2.86. The second kappa shape index (κ2) is 10.9. The smallest absolute Gasteiger partial charge is 0.324 e. The van der Waals surface area contributed by atoms with Gasteiger partial charge in [-0.2, -0.15) is 8.78 Å². The molecule has 1 aliphatic rings. The van der Waals surface area contributed by atoms with Gasteiger partial charge in [0.1, 0.15) is 0 Å². The van der Waals surface area contributed by atoms with Gasteiger partial charge in [0.2, 0.25) is 5.89 Å². The van der Waals surface area contributed by atoms with Crippen LogP contribution in [0.5, 0.6) is 0 Å². The average molecular weight is 525 g/mol. The number of rotatable bonds is 6. The highest BCUT2D eigenvalue weighted by molar-refractivity contribution is 7.85. The molecule has 0 radical (unpaired) electrons. The van der Waals surface area contributed by atoms with E-state index in [1.165, 1.54) is 6.20 Å². The fourth-order valence-electron chi connectivity index (χ4n) is 3.89. The number of anilines is 1. The summed E-state index contributed by atoms with van der Waals surface area (Å²) in [5, 5.41) is 6.97. The number of alkyl halides is 2. The van der Waals surface area contributed by atoms with E-state index in [2.05, 4.69) is 20.2 Å².